The van der Waals surface area contributed by atoms with Crippen molar-refractivity contribution in [3.05, 3.63) is 34.8 Å². The lowest BCUT2D eigenvalue weighted by Gasteiger charge is -2.08. The summed E-state index contributed by atoms with van der Waals surface area (Å²) in [5.74, 6) is 0.318. The van der Waals surface area contributed by atoms with Gasteiger partial charge in [0, 0.05) is 11.3 Å². The molecule has 2 nitrogen and oxygen atoms in total. The number of rotatable bonds is 7. The minimum Gasteiger partial charge on any atom is -0.481 e. The standard InChI is InChI=1S/C14H20O2S/c1-2-12-8-4-3-5-9-13(12)17-11-7-6-10-14(15)16/h3-5,9H,2,6-8,10-11H2,1H3,(H,15,16). The minimum absolute atomic E-state index is 0.289. The molecule has 0 aromatic rings. The lowest BCUT2D eigenvalue weighted by molar-refractivity contribution is -0.137. The maximum Gasteiger partial charge on any atom is 0.303 e. The van der Waals surface area contributed by atoms with Crippen LogP contribution in [0.25, 0.3) is 0 Å². The molecule has 0 saturated carbocycles. The number of carbonyl (C=O) groups is 1. The quantitative estimate of drug-likeness (QED) is 0.691. The molecule has 3 heteroatoms. The summed E-state index contributed by atoms with van der Waals surface area (Å²) in [6.07, 6.45) is 12.7. The molecule has 17 heavy (non-hydrogen) atoms. The second kappa shape index (κ2) is 8.18. The number of aliphatic carboxylic acids is 1. The first-order valence-corrected chi connectivity index (χ1v) is 7.12. The zero-order valence-electron chi connectivity index (χ0n) is 10.3. The highest BCUT2D eigenvalue weighted by Gasteiger charge is 2.04. The summed E-state index contributed by atoms with van der Waals surface area (Å²) in [4.78, 5) is 11.7. The van der Waals surface area contributed by atoms with Gasteiger partial charge in [0.2, 0.25) is 0 Å². The Morgan fingerprint density at radius 2 is 2.24 bits per heavy atom. The van der Waals surface area contributed by atoms with Crippen molar-refractivity contribution in [2.75, 3.05) is 5.75 Å². The van der Waals surface area contributed by atoms with E-state index in [-0.39, 0.29) is 6.42 Å². The smallest absolute Gasteiger partial charge is 0.303 e. The lowest BCUT2D eigenvalue weighted by atomic mass is 10.1. The van der Waals surface area contributed by atoms with Crippen molar-refractivity contribution in [2.45, 2.75) is 39.0 Å². The molecule has 1 aliphatic rings. The van der Waals surface area contributed by atoms with Gasteiger partial charge in [-0.15, -0.1) is 11.8 Å². The van der Waals surface area contributed by atoms with E-state index < -0.39 is 5.97 Å². The van der Waals surface area contributed by atoms with E-state index in [0.29, 0.717) is 0 Å². The van der Waals surface area contributed by atoms with Gasteiger partial charge in [-0.05, 0) is 37.5 Å². The molecule has 0 spiro atoms. The maximum absolute atomic E-state index is 10.4. The third-order valence-corrected chi connectivity index (χ3v) is 3.91. The van der Waals surface area contributed by atoms with Gasteiger partial charge in [-0.1, -0.05) is 30.7 Å². The molecule has 0 aromatic carbocycles. The monoisotopic (exact) mass is 252 g/mol. The number of carboxylic acids is 1. The molecule has 0 fully saturated rings. The molecule has 0 heterocycles. The molecule has 0 amide bonds. The highest BCUT2D eigenvalue weighted by Crippen LogP contribution is 2.28. The summed E-state index contributed by atoms with van der Waals surface area (Å²) >= 11 is 1.85. The van der Waals surface area contributed by atoms with Gasteiger partial charge in [-0.25, -0.2) is 0 Å². The molecule has 1 rings (SSSR count). The number of hydrogen-bond acceptors (Lipinski definition) is 2. The van der Waals surface area contributed by atoms with E-state index >= 15 is 0 Å². The van der Waals surface area contributed by atoms with Gasteiger partial charge in [-0.2, -0.15) is 0 Å². The fourth-order valence-corrected chi connectivity index (χ4v) is 2.85. The predicted molar refractivity (Wildman–Crippen MR) is 74.2 cm³/mol. The highest BCUT2D eigenvalue weighted by molar-refractivity contribution is 8.03. The number of allylic oxidation sites excluding steroid dienone is 5. The molecular formula is C14H20O2S. The second-order valence-electron chi connectivity index (χ2n) is 4.01. The topological polar surface area (TPSA) is 37.3 Å². The van der Waals surface area contributed by atoms with E-state index in [2.05, 4.69) is 31.2 Å². The summed E-state index contributed by atoms with van der Waals surface area (Å²) in [5, 5.41) is 8.54. The van der Waals surface area contributed by atoms with Gasteiger partial charge < -0.3 is 5.11 Å². The van der Waals surface area contributed by atoms with Crippen LogP contribution in [0.4, 0.5) is 0 Å². The van der Waals surface area contributed by atoms with Crippen LogP contribution in [0, 0.1) is 0 Å². The molecule has 0 unspecified atom stereocenters. The van der Waals surface area contributed by atoms with Crippen LogP contribution in [-0.2, 0) is 4.79 Å². The Morgan fingerprint density at radius 1 is 1.41 bits per heavy atom. The summed E-state index contributed by atoms with van der Waals surface area (Å²) < 4.78 is 0. The van der Waals surface area contributed by atoms with Crippen molar-refractivity contribution >= 4 is 17.7 Å². The van der Waals surface area contributed by atoms with Crippen molar-refractivity contribution in [3.63, 3.8) is 0 Å². The SMILES string of the molecule is CCC1=C(SCCCCC(=O)O)C=CC=CC1. The largest absolute Gasteiger partial charge is 0.481 e. The Kier molecular flexibility index (Phi) is 6.78. The zero-order chi connectivity index (χ0) is 12.5. The van der Waals surface area contributed by atoms with E-state index in [1.807, 2.05) is 11.8 Å². The number of unbranched alkanes of at least 4 members (excludes halogenated alkanes) is 1. The third kappa shape index (κ3) is 5.78. The highest BCUT2D eigenvalue weighted by atomic mass is 32.2. The first-order valence-electron chi connectivity index (χ1n) is 6.14. The van der Waals surface area contributed by atoms with Gasteiger partial charge in [0.25, 0.3) is 0 Å². The van der Waals surface area contributed by atoms with Crippen LogP contribution in [0.2, 0.25) is 0 Å². The molecular weight excluding hydrogens is 232 g/mol. The van der Waals surface area contributed by atoms with Crippen molar-refractivity contribution in [2.24, 2.45) is 0 Å². The van der Waals surface area contributed by atoms with Crippen LogP contribution in [0.5, 0.6) is 0 Å². The van der Waals surface area contributed by atoms with Crippen LogP contribution in [0.3, 0.4) is 0 Å². The van der Waals surface area contributed by atoms with Crippen LogP contribution >= 0.6 is 11.8 Å². The van der Waals surface area contributed by atoms with E-state index in [0.717, 1.165) is 31.4 Å². The lowest BCUT2D eigenvalue weighted by Crippen LogP contribution is -1.94. The van der Waals surface area contributed by atoms with Crippen LogP contribution in [-0.4, -0.2) is 16.8 Å². The van der Waals surface area contributed by atoms with Crippen molar-refractivity contribution < 1.29 is 9.90 Å². The van der Waals surface area contributed by atoms with Crippen LogP contribution in [0.15, 0.2) is 34.8 Å². The predicted octanol–water partition coefficient (Wildman–Crippen LogP) is 4.15. The second-order valence-corrected chi connectivity index (χ2v) is 5.15. The van der Waals surface area contributed by atoms with E-state index in [1.54, 1.807) is 0 Å². The fraction of sp³-hybridized carbons (Fsp3) is 0.500. The van der Waals surface area contributed by atoms with E-state index in [9.17, 15) is 4.79 Å². The number of thioether (sulfide) groups is 1. The zero-order valence-corrected chi connectivity index (χ0v) is 11.1. The molecule has 1 N–H and O–H groups in total. The molecule has 0 bridgehead atoms. The normalized spacial score (nSPS) is 15.1. The van der Waals surface area contributed by atoms with Crippen LogP contribution in [0.1, 0.15) is 39.0 Å². The molecule has 0 saturated heterocycles. The van der Waals surface area contributed by atoms with Crippen LogP contribution < -0.4 is 0 Å². The fourth-order valence-electron chi connectivity index (χ4n) is 1.68. The van der Waals surface area contributed by atoms with Crippen molar-refractivity contribution in [1.82, 2.24) is 0 Å². The summed E-state index contributed by atoms with van der Waals surface area (Å²) in [6.45, 7) is 2.19. The molecule has 0 aromatic heterocycles. The van der Waals surface area contributed by atoms with Gasteiger partial charge in [-0.3, -0.25) is 4.79 Å². The number of carboxylic acid groups (broad SMARTS) is 1. The summed E-state index contributed by atoms with van der Waals surface area (Å²) in [6, 6.07) is 0. The maximum atomic E-state index is 10.4. The van der Waals surface area contributed by atoms with E-state index in [4.69, 9.17) is 5.11 Å². The molecule has 94 valence electrons. The first kappa shape index (κ1) is 14.1. The number of hydrogen-bond donors (Lipinski definition) is 1. The Labute approximate surface area is 107 Å². The average Bonchev–Trinajstić information content (AvgIpc) is 2.53. The average molecular weight is 252 g/mol. The third-order valence-electron chi connectivity index (χ3n) is 2.68. The minimum atomic E-state index is -0.693. The Bertz CT molecular complexity index is 340. The van der Waals surface area contributed by atoms with Gasteiger partial charge in [0.15, 0.2) is 0 Å². The summed E-state index contributed by atoms with van der Waals surface area (Å²) in [5.41, 5.74) is 1.48. The van der Waals surface area contributed by atoms with Gasteiger partial charge >= 0.3 is 5.97 Å². The molecule has 0 radical (unpaired) electrons. The Hall–Kier alpha value is -0.960. The summed E-state index contributed by atoms with van der Waals surface area (Å²) in [7, 11) is 0. The van der Waals surface area contributed by atoms with Gasteiger partial charge in [0.05, 0.1) is 0 Å². The van der Waals surface area contributed by atoms with E-state index in [1.165, 1.54) is 10.5 Å². The Balaban J connectivity index is 2.33. The molecule has 1 aliphatic carbocycles. The molecule has 0 atom stereocenters. The Morgan fingerprint density at radius 3 is 2.94 bits per heavy atom. The van der Waals surface area contributed by atoms with Gasteiger partial charge in [0.1, 0.15) is 0 Å². The van der Waals surface area contributed by atoms with Crippen molar-refractivity contribution in [3.8, 4) is 0 Å². The molecule has 0 aliphatic heterocycles. The first-order chi connectivity index (χ1) is 8.24. The van der Waals surface area contributed by atoms with Crippen molar-refractivity contribution in [1.29, 1.82) is 0 Å².